The molecule has 2 aromatic rings. The van der Waals surface area contributed by atoms with E-state index in [2.05, 4.69) is 10.6 Å². The number of esters is 3. The van der Waals surface area contributed by atoms with Gasteiger partial charge in [0.25, 0.3) is 5.91 Å². The molecule has 0 atom stereocenters. The molecule has 1 aromatic heterocycles. The second kappa shape index (κ2) is 13.7. The van der Waals surface area contributed by atoms with Gasteiger partial charge in [0, 0.05) is 13.1 Å². The summed E-state index contributed by atoms with van der Waals surface area (Å²) in [5.74, 6) is -2.02. The molecule has 0 spiro atoms. The first-order chi connectivity index (χ1) is 17.6. The Morgan fingerprint density at radius 2 is 1.57 bits per heavy atom. The van der Waals surface area contributed by atoms with E-state index in [9.17, 15) is 19.2 Å². The Balaban J connectivity index is 2.45. The molecule has 10 nitrogen and oxygen atoms in total. The van der Waals surface area contributed by atoms with E-state index in [0.29, 0.717) is 28.5 Å². The van der Waals surface area contributed by atoms with Gasteiger partial charge in [-0.1, -0.05) is 0 Å². The monoisotopic (exact) mass is 549 g/mol. The maximum absolute atomic E-state index is 13.0. The smallest absolute Gasteiger partial charge is 0.341 e. The largest absolute Gasteiger partial charge is 0.465 e. The van der Waals surface area contributed by atoms with Crippen molar-refractivity contribution >= 4 is 63.2 Å². The lowest BCUT2D eigenvalue weighted by atomic mass is 10.1. The molecular weight excluding hydrogens is 518 g/mol. The summed E-state index contributed by atoms with van der Waals surface area (Å²) in [6.45, 7) is 10.1. The van der Waals surface area contributed by atoms with Crippen LogP contribution in [-0.2, 0) is 14.2 Å². The molecule has 0 saturated carbocycles. The van der Waals surface area contributed by atoms with Crippen molar-refractivity contribution in [1.29, 1.82) is 0 Å². The lowest BCUT2D eigenvalue weighted by Crippen LogP contribution is -2.30. The Labute approximate surface area is 225 Å². The summed E-state index contributed by atoms with van der Waals surface area (Å²) in [7, 11) is 1.25. The van der Waals surface area contributed by atoms with Gasteiger partial charge in [0.1, 0.15) is 5.00 Å². The van der Waals surface area contributed by atoms with Gasteiger partial charge in [-0.15, -0.1) is 11.3 Å². The van der Waals surface area contributed by atoms with Gasteiger partial charge in [-0.05, 0) is 70.6 Å². The molecule has 12 heteroatoms. The van der Waals surface area contributed by atoms with Crippen molar-refractivity contribution in [2.75, 3.05) is 44.0 Å². The number of carbonyl (C=O) groups is 4. The van der Waals surface area contributed by atoms with Gasteiger partial charge in [0.05, 0.1) is 47.6 Å². The molecule has 37 heavy (non-hydrogen) atoms. The van der Waals surface area contributed by atoms with Crippen molar-refractivity contribution in [2.45, 2.75) is 34.6 Å². The van der Waals surface area contributed by atoms with E-state index in [-0.39, 0.29) is 46.6 Å². The van der Waals surface area contributed by atoms with E-state index < -0.39 is 17.9 Å². The van der Waals surface area contributed by atoms with E-state index >= 15 is 0 Å². The Morgan fingerprint density at radius 3 is 2.14 bits per heavy atom. The molecule has 0 aliphatic rings. The normalized spacial score (nSPS) is 10.3. The van der Waals surface area contributed by atoms with Crippen LogP contribution in [0.2, 0.25) is 0 Å². The summed E-state index contributed by atoms with van der Waals surface area (Å²) < 4.78 is 15.1. The second-order valence-corrected chi connectivity index (χ2v) is 8.94. The third-order valence-corrected chi connectivity index (χ3v) is 6.68. The number of thiophene rings is 1. The number of rotatable bonds is 10. The van der Waals surface area contributed by atoms with Gasteiger partial charge < -0.3 is 29.7 Å². The standard InChI is InChI=1S/C25H31N3O7S2/c1-7-28(8-2)21(29)19-14(5)18(24(32)33-6)20(37-19)27-25(36)26-17-13-15(22(30)34-9-3)11-12-16(17)23(31)35-10-4/h11-13H,7-10H2,1-6H3,(H2,26,27,36). The lowest BCUT2D eigenvalue weighted by molar-refractivity contribution is 0.0512. The van der Waals surface area contributed by atoms with Gasteiger partial charge in [-0.25, -0.2) is 14.4 Å². The molecule has 1 heterocycles. The van der Waals surface area contributed by atoms with Gasteiger partial charge in [0.2, 0.25) is 0 Å². The molecule has 0 aliphatic heterocycles. The number of amides is 1. The van der Waals surface area contributed by atoms with Crippen LogP contribution < -0.4 is 10.6 Å². The first-order valence-electron chi connectivity index (χ1n) is 11.7. The SMILES string of the molecule is CCOC(=O)c1ccc(C(=O)OCC)c(NC(=S)Nc2sc(C(=O)N(CC)CC)c(C)c2C(=O)OC)c1. The number of nitrogens with zero attached hydrogens (tertiary/aromatic N) is 1. The molecule has 2 rings (SSSR count). The van der Waals surface area contributed by atoms with Crippen LogP contribution in [0.4, 0.5) is 10.7 Å². The molecule has 0 radical (unpaired) electrons. The first-order valence-corrected chi connectivity index (χ1v) is 12.9. The average molecular weight is 550 g/mol. The van der Waals surface area contributed by atoms with Crippen LogP contribution in [0, 0.1) is 6.92 Å². The fourth-order valence-corrected chi connectivity index (χ4v) is 4.88. The Kier molecular flexibility index (Phi) is 11.0. The molecule has 1 aromatic carbocycles. The van der Waals surface area contributed by atoms with E-state index in [1.54, 1.807) is 25.7 Å². The third-order valence-electron chi connectivity index (χ3n) is 5.28. The quantitative estimate of drug-likeness (QED) is 0.249. The molecule has 0 aliphatic carbocycles. The first kappa shape index (κ1) is 29.7. The minimum absolute atomic E-state index is 0.0137. The number of methoxy groups -OCH3 is 1. The van der Waals surface area contributed by atoms with Gasteiger partial charge in [-0.3, -0.25) is 4.79 Å². The number of hydrogen-bond acceptors (Lipinski definition) is 9. The summed E-state index contributed by atoms with van der Waals surface area (Å²) in [5.41, 5.74) is 1.20. The van der Waals surface area contributed by atoms with Crippen LogP contribution in [-0.4, -0.2) is 67.2 Å². The summed E-state index contributed by atoms with van der Waals surface area (Å²) in [6.07, 6.45) is 0. The molecule has 1 amide bonds. The van der Waals surface area contributed by atoms with Crippen molar-refractivity contribution in [1.82, 2.24) is 4.90 Å². The highest BCUT2D eigenvalue weighted by Gasteiger charge is 2.28. The van der Waals surface area contributed by atoms with E-state index in [1.807, 2.05) is 13.8 Å². The fourth-order valence-electron chi connectivity index (χ4n) is 3.44. The van der Waals surface area contributed by atoms with Crippen LogP contribution >= 0.6 is 23.6 Å². The lowest BCUT2D eigenvalue weighted by Gasteiger charge is -2.18. The van der Waals surface area contributed by atoms with E-state index in [4.69, 9.17) is 26.4 Å². The highest BCUT2D eigenvalue weighted by atomic mass is 32.1. The van der Waals surface area contributed by atoms with Crippen molar-refractivity contribution in [3.63, 3.8) is 0 Å². The average Bonchev–Trinajstić information content (AvgIpc) is 3.19. The molecule has 0 saturated heterocycles. The van der Waals surface area contributed by atoms with Crippen LogP contribution in [0.1, 0.15) is 74.0 Å². The van der Waals surface area contributed by atoms with Crippen molar-refractivity contribution < 1.29 is 33.4 Å². The minimum Gasteiger partial charge on any atom is -0.465 e. The third kappa shape index (κ3) is 7.04. The van der Waals surface area contributed by atoms with Crippen LogP contribution in [0.25, 0.3) is 0 Å². The van der Waals surface area contributed by atoms with Gasteiger partial charge in [-0.2, -0.15) is 0 Å². The summed E-state index contributed by atoms with van der Waals surface area (Å²) >= 11 is 6.53. The van der Waals surface area contributed by atoms with E-state index in [1.165, 1.54) is 25.3 Å². The maximum Gasteiger partial charge on any atom is 0.341 e. The number of carbonyl (C=O) groups excluding carboxylic acids is 4. The number of hydrogen-bond donors (Lipinski definition) is 2. The molecule has 2 N–H and O–H groups in total. The number of anilines is 2. The Hall–Kier alpha value is -3.51. The van der Waals surface area contributed by atoms with Gasteiger partial charge >= 0.3 is 17.9 Å². The molecule has 200 valence electrons. The number of ether oxygens (including phenoxy) is 3. The zero-order valence-corrected chi connectivity index (χ0v) is 23.3. The zero-order chi connectivity index (χ0) is 27.7. The number of thiocarbonyl (C=S) groups is 1. The molecule has 0 bridgehead atoms. The second-order valence-electron chi connectivity index (χ2n) is 7.51. The predicted molar refractivity (Wildman–Crippen MR) is 146 cm³/mol. The molecule has 0 unspecified atom stereocenters. The van der Waals surface area contributed by atoms with Crippen molar-refractivity contribution in [3.05, 3.63) is 45.3 Å². The maximum atomic E-state index is 13.0. The highest BCUT2D eigenvalue weighted by molar-refractivity contribution is 7.80. The Bertz CT molecular complexity index is 1190. The predicted octanol–water partition coefficient (Wildman–Crippen LogP) is 4.49. The fraction of sp³-hybridized carbons (Fsp3) is 0.400. The summed E-state index contributed by atoms with van der Waals surface area (Å²) in [6, 6.07) is 4.31. The van der Waals surface area contributed by atoms with Gasteiger partial charge in [0.15, 0.2) is 5.11 Å². The molecular formula is C25H31N3O7S2. The Morgan fingerprint density at radius 1 is 0.946 bits per heavy atom. The van der Waals surface area contributed by atoms with Crippen LogP contribution in [0.3, 0.4) is 0 Å². The van der Waals surface area contributed by atoms with E-state index in [0.717, 1.165) is 11.3 Å². The molecule has 0 fully saturated rings. The minimum atomic E-state index is -0.630. The van der Waals surface area contributed by atoms with Crippen LogP contribution in [0.5, 0.6) is 0 Å². The highest BCUT2D eigenvalue weighted by Crippen LogP contribution is 2.35. The van der Waals surface area contributed by atoms with Crippen molar-refractivity contribution in [3.8, 4) is 0 Å². The zero-order valence-electron chi connectivity index (χ0n) is 21.7. The summed E-state index contributed by atoms with van der Waals surface area (Å²) in [5, 5.41) is 6.15. The topological polar surface area (TPSA) is 123 Å². The summed E-state index contributed by atoms with van der Waals surface area (Å²) in [4.78, 5) is 52.4. The van der Waals surface area contributed by atoms with Crippen LogP contribution in [0.15, 0.2) is 18.2 Å². The number of benzene rings is 1. The number of nitrogens with one attached hydrogen (secondary N) is 2. The van der Waals surface area contributed by atoms with Crippen molar-refractivity contribution in [2.24, 2.45) is 0 Å².